The number of hydrogen-bond acceptors (Lipinski definition) is 17. The fraction of sp³-hybridized carbons (Fsp3) is 0.639. The number of Topliss-reactive ketones (excluding diaryl/α,β-unsaturated/α-hetero) is 1. The number of unbranched alkanes of at least 4 members (excludes halogenated alkanes) is 11. The molecule has 3 aliphatic carbocycles. The molecule has 4 N–H and O–H groups in total. The molecule has 0 aromatic heterocycles. The average molecular weight is 1100 g/mol. The first kappa shape index (κ1) is 61.1. The van der Waals surface area contributed by atoms with Crippen LogP contribution in [0, 0.1) is 17.3 Å². The Labute approximate surface area is 464 Å². The predicted molar refractivity (Wildman–Crippen MR) is 288 cm³/mol. The van der Waals surface area contributed by atoms with Crippen molar-refractivity contribution in [2.24, 2.45) is 17.3 Å². The third-order valence-corrected chi connectivity index (χ3v) is 16.9. The summed E-state index contributed by atoms with van der Waals surface area (Å²) in [5, 5.41) is 40.5. The Balaban J connectivity index is 1.07. The number of rotatable bonds is 26. The lowest BCUT2D eigenvalue weighted by molar-refractivity contribution is -0.343. The maximum absolute atomic E-state index is 15.2. The van der Waals surface area contributed by atoms with E-state index in [9.17, 15) is 34.5 Å². The van der Waals surface area contributed by atoms with E-state index in [2.05, 4.69) is 24.4 Å². The van der Waals surface area contributed by atoms with Crippen LogP contribution in [0.15, 0.2) is 84.0 Å². The van der Waals surface area contributed by atoms with Crippen LogP contribution in [0.3, 0.4) is 0 Å². The Morgan fingerprint density at radius 2 is 1.47 bits per heavy atom. The molecular formula is C61H83NO17. The van der Waals surface area contributed by atoms with Crippen molar-refractivity contribution in [3.05, 3.63) is 95.1 Å². The molecule has 2 saturated heterocycles. The van der Waals surface area contributed by atoms with Crippen molar-refractivity contribution in [2.75, 3.05) is 19.8 Å². The first-order valence-electron chi connectivity index (χ1n) is 28.5. The van der Waals surface area contributed by atoms with Gasteiger partial charge in [0.15, 0.2) is 23.8 Å². The van der Waals surface area contributed by atoms with E-state index in [1.165, 1.54) is 59.3 Å². The van der Waals surface area contributed by atoms with E-state index in [1.807, 2.05) is 0 Å². The fourth-order valence-electron chi connectivity index (χ4n) is 12.5. The molecule has 0 radical (unpaired) electrons. The largest absolute Gasteiger partial charge is 0.509 e. The number of ether oxygens (including phenoxy) is 8. The van der Waals surface area contributed by atoms with Gasteiger partial charge in [-0.3, -0.25) is 19.2 Å². The molecule has 18 heteroatoms. The van der Waals surface area contributed by atoms with Gasteiger partial charge in [-0.05, 0) is 81.2 Å². The summed E-state index contributed by atoms with van der Waals surface area (Å²) < 4.78 is 47.1. The molecule has 79 heavy (non-hydrogen) atoms. The summed E-state index contributed by atoms with van der Waals surface area (Å²) in [5.41, 5.74) is -5.38. The van der Waals surface area contributed by atoms with E-state index in [-0.39, 0.29) is 43.0 Å². The van der Waals surface area contributed by atoms with Gasteiger partial charge in [-0.2, -0.15) is 0 Å². The molecule has 434 valence electrons. The van der Waals surface area contributed by atoms with Crippen molar-refractivity contribution >= 4 is 35.8 Å². The average Bonchev–Trinajstić information content (AvgIpc) is 4.00. The molecule has 2 aromatic carbocycles. The first-order valence-corrected chi connectivity index (χ1v) is 28.5. The van der Waals surface area contributed by atoms with Crippen molar-refractivity contribution in [1.82, 2.24) is 5.32 Å². The highest BCUT2D eigenvalue weighted by Gasteiger charge is 2.76. The fourth-order valence-corrected chi connectivity index (χ4v) is 12.5. The number of aliphatic hydroxyl groups excluding tert-OH is 2. The maximum Gasteiger partial charge on any atom is 0.509 e. The number of amides is 1. The van der Waals surface area contributed by atoms with Crippen molar-refractivity contribution in [3.8, 4) is 0 Å². The Morgan fingerprint density at radius 3 is 2.09 bits per heavy atom. The number of hydrogen-bond donors (Lipinski definition) is 4. The van der Waals surface area contributed by atoms with E-state index in [1.54, 1.807) is 60.7 Å². The minimum atomic E-state index is -2.35. The molecular weight excluding hydrogens is 1020 g/mol. The standard InChI is InChI=1S/C61H83NO17/c1-7-8-9-10-11-12-13-14-15-16-17-18-19-20-27-32-48-72-35-44(76-48)36-73-58(70)78-52(50(42-28-23-21-24-29-42)62-56(68)43-30-25-22-26-31-43)57(69)77-45-34-60(71)39(3)49(38(45)2)51(75-40(4)63)54(66)59(6)46(65)33-47-61(37-74-47,79-41(5)64)53(59)55(60)67/h14-15,21-26,28-31,39,44-48,50-53,55,65,67,71H,7-13,16-20,27,32-37H2,1-6H3,(H,62,68)/b15-14-/t39?,44-,45-,46-,47+,48+,50-,51+,52+,53-,55-,59+,60-,61-/m0/s1. The van der Waals surface area contributed by atoms with Crippen LogP contribution < -0.4 is 5.32 Å². The lowest BCUT2D eigenvalue weighted by Gasteiger charge is -2.65. The van der Waals surface area contributed by atoms with Gasteiger partial charge in [-0.1, -0.05) is 126 Å². The van der Waals surface area contributed by atoms with Crippen LogP contribution in [0.1, 0.15) is 166 Å². The van der Waals surface area contributed by atoms with E-state index in [0.29, 0.717) is 12.0 Å². The van der Waals surface area contributed by atoms with Crippen molar-refractivity contribution in [1.29, 1.82) is 0 Å². The molecule has 2 bridgehead atoms. The summed E-state index contributed by atoms with van der Waals surface area (Å²) in [7, 11) is 0. The van der Waals surface area contributed by atoms with Crippen LogP contribution in [-0.2, 0) is 57.1 Å². The lowest BCUT2D eigenvalue weighted by atomic mass is 9.47. The van der Waals surface area contributed by atoms with Gasteiger partial charge in [0.2, 0.25) is 6.10 Å². The minimum Gasteiger partial charge on any atom is -0.455 e. The topological polar surface area (TPSA) is 249 Å². The van der Waals surface area contributed by atoms with Crippen LogP contribution in [0.25, 0.3) is 0 Å². The van der Waals surface area contributed by atoms with Gasteiger partial charge >= 0.3 is 24.1 Å². The number of carbonyl (C=O) groups excluding carboxylic acids is 6. The zero-order chi connectivity index (χ0) is 56.9. The summed E-state index contributed by atoms with van der Waals surface area (Å²) in [6, 6.07) is 15.0. The van der Waals surface area contributed by atoms with Crippen LogP contribution in [0.2, 0.25) is 0 Å². The quantitative estimate of drug-likeness (QED) is 0.0299. The molecule has 2 heterocycles. The summed E-state index contributed by atoms with van der Waals surface area (Å²) in [6.45, 7) is 8.44. The smallest absolute Gasteiger partial charge is 0.455 e. The Kier molecular flexibility index (Phi) is 21.5. The number of benzene rings is 2. The van der Waals surface area contributed by atoms with Crippen LogP contribution in [0.5, 0.6) is 0 Å². The van der Waals surface area contributed by atoms with Gasteiger partial charge < -0.3 is 58.5 Å². The molecule has 1 amide bonds. The Hall–Kier alpha value is -5.50. The number of aliphatic hydroxyl groups is 3. The number of fused-ring (bicyclic) bond motifs is 5. The SMILES string of the molecule is CCCCCCCC/C=C\CCCCCCC[C@@H]1OC[C@@H](COC(=O)O[C@@H](C(=O)O[C@H]2C[C@]3(O)C(C)C(=C2C)[C@@H](OC(C)=O)C(=O)[C@@]2(C)[C@H]([C@@H]3O)[C@]3(OC(C)=O)CO[C@@H]3C[C@@H]2O)[C@@H](NC(=O)c2ccccc2)c2ccccc2)O1. The van der Waals surface area contributed by atoms with Crippen molar-refractivity contribution < 1.29 is 82.0 Å². The zero-order valence-electron chi connectivity index (χ0n) is 46.8. The molecule has 5 aliphatic rings. The van der Waals surface area contributed by atoms with E-state index >= 15 is 9.59 Å². The normalized spacial score (nSPS) is 30.8. The molecule has 7 rings (SSSR count). The summed E-state index contributed by atoms with van der Waals surface area (Å²) in [6.07, 6.45) is 7.68. The van der Waals surface area contributed by atoms with Gasteiger partial charge in [0.05, 0.1) is 30.8 Å². The van der Waals surface area contributed by atoms with E-state index < -0.39 is 126 Å². The number of ketones is 1. The van der Waals surface area contributed by atoms with Gasteiger partial charge in [-0.25, -0.2) is 9.59 Å². The maximum atomic E-state index is 15.2. The lowest BCUT2D eigenvalue weighted by Crippen LogP contribution is -2.80. The highest BCUT2D eigenvalue weighted by atomic mass is 16.8. The van der Waals surface area contributed by atoms with Crippen LogP contribution in [-0.4, -0.2) is 131 Å². The van der Waals surface area contributed by atoms with Gasteiger partial charge in [0.25, 0.3) is 5.91 Å². The molecule has 2 saturated carbocycles. The first-order chi connectivity index (χ1) is 37.8. The number of nitrogens with one attached hydrogen (secondary N) is 1. The molecule has 18 nitrogen and oxygen atoms in total. The minimum absolute atomic E-state index is 0.00519. The second-order valence-corrected chi connectivity index (χ2v) is 22.4. The highest BCUT2D eigenvalue weighted by molar-refractivity contribution is 5.96. The molecule has 14 atom stereocenters. The molecule has 4 fully saturated rings. The van der Waals surface area contributed by atoms with Crippen LogP contribution >= 0.6 is 0 Å². The number of allylic oxidation sites excluding steroid dienone is 2. The zero-order valence-corrected chi connectivity index (χ0v) is 46.8. The Morgan fingerprint density at radius 1 is 0.835 bits per heavy atom. The van der Waals surface area contributed by atoms with E-state index in [4.69, 9.17) is 37.9 Å². The number of carbonyl (C=O) groups is 6. The van der Waals surface area contributed by atoms with E-state index in [0.717, 1.165) is 58.8 Å². The predicted octanol–water partition coefficient (Wildman–Crippen LogP) is 8.42. The molecule has 1 unspecified atom stereocenters. The van der Waals surface area contributed by atoms with Crippen LogP contribution in [0.4, 0.5) is 4.79 Å². The van der Waals surface area contributed by atoms with Gasteiger partial charge in [-0.15, -0.1) is 0 Å². The third-order valence-electron chi connectivity index (χ3n) is 16.9. The molecule has 0 spiro atoms. The second-order valence-electron chi connectivity index (χ2n) is 22.4. The monoisotopic (exact) mass is 1100 g/mol. The summed E-state index contributed by atoms with van der Waals surface area (Å²) >= 11 is 0. The summed E-state index contributed by atoms with van der Waals surface area (Å²) in [5.74, 6) is -7.11. The van der Waals surface area contributed by atoms with Crippen molar-refractivity contribution in [3.63, 3.8) is 0 Å². The Bertz CT molecular complexity index is 2470. The van der Waals surface area contributed by atoms with Gasteiger partial charge in [0.1, 0.15) is 36.6 Å². The van der Waals surface area contributed by atoms with Gasteiger partial charge in [0, 0.05) is 44.1 Å². The molecule has 2 aliphatic heterocycles. The number of esters is 3. The highest BCUT2D eigenvalue weighted by Crippen LogP contribution is 2.61. The summed E-state index contributed by atoms with van der Waals surface area (Å²) in [4.78, 5) is 83.9. The third kappa shape index (κ3) is 14.2. The second kappa shape index (κ2) is 27.8. The molecule has 2 aromatic rings. The van der Waals surface area contributed by atoms with Crippen molar-refractivity contribution in [2.45, 2.75) is 211 Å².